The Labute approximate surface area is 101 Å². The van der Waals surface area contributed by atoms with Crippen molar-refractivity contribution in [1.29, 1.82) is 0 Å². The fourth-order valence-corrected chi connectivity index (χ4v) is 1.82. The molecule has 1 rings (SSSR count). The number of nitrogens with zero attached hydrogens (tertiary/aromatic N) is 1. The van der Waals surface area contributed by atoms with Crippen LogP contribution in [-0.4, -0.2) is 53.8 Å². The van der Waals surface area contributed by atoms with E-state index < -0.39 is 12.0 Å². The number of rotatable bonds is 4. The van der Waals surface area contributed by atoms with Crippen molar-refractivity contribution < 1.29 is 19.4 Å². The van der Waals surface area contributed by atoms with Crippen LogP contribution in [0.3, 0.4) is 0 Å². The first kappa shape index (κ1) is 13.8. The molecule has 0 spiro atoms. The number of hydrogen-bond donors (Lipinski definition) is 2. The minimum absolute atomic E-state index is 0.0403. The van der Waals surface area contributed by atoms with E-state index in [2.05, 4.69) is 5.32 Å². The number of nitrogens with one attached hydrogen (secondary N) is 1. The van der Waals surface area contributed by atoms with Crippen LogP contribution < -0.4 is 5.32 Å². The van der Waals surface area contributed by atoms with Gasteiger partial charge in [0.25, 0.3) is 0 Å². The maximum absolute atomic E-state index is 11.9. The van der Waals surface area contributed by atoms with E-state index in [0.717, 1.165) is 6.42 Å². The van der Waals surface area contributed by atoms with Gasteiger partial charge in [-0.15, -0.1) is 0 Å². The highest BCUT2D eigenvalue weighted by molar-refractivity contribution is 5.83. The highest BCUT2D eigenvalue weighted by Gasteiger charge is 2.39. The maximum atomic E-state index is 11.9. The quantitative estimate of drug-likeness (QED) is 0.761. The molecular weight excluding hydrogens is 224 g/mol. The minimum atomic E-state index is -0.983. The zero-order chi connectivity index (χ0) is 13.0. The summed E-state index contributed by atoms with van der Waals surface area (Å²) in [6.07, 6.45) is 0.962. The molecule has 2 N–H and O–H groups in total. The lowest BCUT2D eigenvalue weighted by Crippen LogP contribution is -2.48. The van der Waals surface area contributed by atoms with Crippen LogP contribution in [0.2, 0.25) is 0 Å². The third-order valence-electron chi connectivity index (χ3n) is 3.12. The maximum Gasteiger partial charge on any atom is 0.326 e. The number of amides is 2. The number of carbonyl (C=O) groups excluding carboxylic acids is 1. The van der Waals surface area contributed by atoms with Crippen molar-refractivity contribution in [3.05, 3.63) is 0 Å². The van der Waals surface area contributed by atoms with Crippen molar-refractivity contribution in [2.45, 2.75) is 44.9 Å². The van der Waals surface area contributed by atoms with E-state index >= 15 is 0 Å². The molecule has 1 saturated heterocycles. The number of likely N-dealkylation sites (tertiary alicyclic amines) is 1. The Morgan fingerprint density at radius 2 is 2.24 bits per heavy atom. The smallest absolute Gasteiger partial charge is 0.326 e. The molecule has 6 nitrogen and oxygen atoms in total. The third-order valence-corrected chi connectivity index (χ3v) is 3.12. The van der Waals surface area contributed by atoms with Gasteiger partial charge < -0.3 is 20.1 Å². The van der Waals surface area contributed by atoms with Gasteiger partial charge in [-0.2, -0.15) is 0 Å². The zero-order valence-corrected chi connectivity index (χ0v) is 10.5. The summed E-state index contributed by atoms with van der Waals surface area (Å²) in [5, 5.41) is 11.8. The number of aliphatic carboxylic acids is 1. The van der Waals surface area contributed by atoms with Gasteiger partial charge in [0.2, 0.25) is 0 Å². The van der Waals surface area contributed by atoms with Crippen molar-refractivity contribution in [3.8, 4) is 0 Å². The highest BCUT2D eigenvalue weighted by atomic mass is 16.5. The Kier molecular flexibility index (Phi) is 4.74. The van der Waals surface area contributed by atoms with Crippen molar-refractivity contribution in [1.82, 2.24) is 10.2 Å². The lowest BCUT2D eigenvalue weighted by Gasteiger charge is -2.23. The summed E-state index contributed by atoms with van der Waals surface area (Å²) < 4.78 is 5.12. The SMILES string of the molecule is CCC(C)NC(=O)N1CC(OC)CC1C(=O)O. The van der Waals surface area contributed by atoms with Gasteiger partial charge in [0.1, 0.15) is 6.04 Å². The largest absolute Gasteiger partial charge is 0.480 e. The Hall–Kier alpha value is -1.30. The molecule has 0 radical (unpaired) electrons. The number of ether oxygens (including phenoxy) is 1. The molecule has 0 aromatic rings. The average Bonchev–Trinajstić information content (AvgIpc) is 2.72. The molecule has 0 saturated carbocycles. The van der Waals surface area contributed by atoms with Crippen molar-refractivity contribution >= 4 is 12.0 Å². The monoisotopic (exact) mass is 244 g/mol. The Balaban J connectivity index is 2.66. The minimum Gasteiger partial charge on any atom is -0.480 e. The summed E-state index contributed by atoms with van der Waals surface area (Å²) >= 11 is 0. The Morgan fingerprint density at radius 1 is 1.59 bits per heavy atom. The van der Waals surface area contributed by atoms with Crippen LogP contribution >= 0.6 is 0 Å². The summed E-state index contributed by atoms with van der Waals surface area (Å²) in [6, 6.07) is -1.08. The molecule has 0 aromatic heterocycles. The van der Waals surface area contributed by atoms with Gasteiger partial charge in [0, 0.05) is 26.1 Å². The van der Waals surface area contributed by atoms with Crippen LogP contribution in [0.25, 0.3) is 0 Å². The van der Waals surface area contributed by atoms with E-state index in [9.17, 15) is 9.59 Å². The molecule has 17 heavy (non-hydrogen) atoms. The molecular formula is C11H20N2O4. The lowest BCUT2D eigenvalue weighted by atomic mass is 10.2. The number of urea groups is 1. The third kappa shape index (κ3) is 3.33. The molecule has 98 valence electrons. The molecule has 1 heterocycles. The summed E-state index contributed by atoms with van der Waals surface area (Å²) in [6.45, 7) is 4.18. The first-order valence-corrected chi connectivity index (χ1v) is 5.82. The second-order valence-electron chi connectivity index (χ2n) is 4.36. The van der Waals surface area contributed by atoms with Crippen molar-refractivity contribution in [3.63, 3.8) is 0 Å². The lowest BCUT2D eigenvalue weighted by molar-refractivity contribution is -0.141. The molecule has 1 fully saturated rings. The molecule has 0 aliphatic carbocycles. The fraction of sp³-hybridized carbons (Fsp3) is 0.818. The van der Waals surface area contributed by atoms with Crippen LogP contribution in [0.5, 0.6) is 0 Å². The molecule has 1 aliphatic heterocycles. The van der Waals surface area contributed by atoms with Crippen LogP contribution in [-0.2, 0) is 9.53 Å². The second kappa shape index (κ2) is 5.86. The number of carboxylic acid groups (broad SMARTS) is 1. The molecule has 0 bridgehead atoms. The highest BCUT2D eigenvalue weighted by Crippen LogP contribution is 2.20. The summed E-state index contributed by atoms with van der Waals surface area (Å²) in [7, 11) is 1.53. The number of carbonyl (C=O) groups is 2. The van der Waals surface area contributed by atoms with Crippen molar-refractivity contribution in [2.75, 3.05) is 13.7 Å². The first-order chi connectivity index (χ1) is 7.99. The van der Waals surface area contributed by atoms with Crippen LogP contribution in [0.4, 0.5) is 4.79 Å². The number of methoxy groups -OCH3 is 1. The summed E-state index contributed by atoms with van der Waals surface area (Å²) in [5.41, 5.74) is 0. The number of hydrogen-bond acceptors (Lipinski definition) is 3. The topological polar surface area (TPSA) is 78.9 Å². The van der Waals surface area contributed by atoms with Gasteiger partial charge in [0.05, 0.1) is 6.10 Å². The average molecular weight is 244 g/mol. The van der Waals surface area contributed by atoms with Gasteiger partial charge in [-0.1, -0.05) is 6.92 Å². The van der Waals surface area contributed by atoms with Gasteiger partial charge in [-0.25, -0.2) is 9.59 Å². The summed E-state index contributed by atoms with van der Waals surface area (Å²) in [4.78, 5) is 24.3. The second-order valence-corrected chi connectivity index (χ2v) is 4.36. The Morgan fingerprint density at radius 3 is 2.71 bits per heavy atom. The molecule has 3 unspecified atom stereocenters. The molecule has 0 aromatic carbocycles. The van der Waals surface area contributed by atoms with Gasteiger partial charge in [-0.05, 0) is 13.3 Å². The first-order valence-electron chi connectivity index (χ1n) is 5.82. The van der Waals surface area contributed by atoms with Crippen LogP contribution in [0.1, 0.15) is 26.7 Å². The van der Waals surface area contributed by atoms with Crippen LogP contribution in [0, 0.1) is 0 Å². The standard InChI is InChI=1S/C11H20N2O4/c1-4-7(2)12-11(16)13-6-8(17-3)5-9(13)10(14)15/h7-9H,4-6H2,1-3H3,(H,12,16)(H,14,15). The fourth-order valence-electron chi connectivity index (χ4n) is 1.82. The molecule has 3 atom stereocenters. The van der Waals surface area contributed by atoms with E-state index in [1.807, 2.05) is 13.8 Å². The van der Waals surface area contributed by atoms with Gasteiger partial charge >= 0.3 is 12.0 Å². The van der Waals surface area contributed by atoms with Crippen molar-refractivity contribution in [2.24, 2.45) is 0 Å². The summed E-state index contributed by atoms with van der Waals surface area (Å²) in [5.74, 6) is -0.983. The van der Waals surface area contributed by atoms with Crippen LogP contribution in [0.15, 0.2) is 0 Å². The van der Waals surface area contributed by atoms with E-state index in [1.165, 1.54) is 12.0 Å². The van der Waals surface area contributed by atoms with E-state index in [1.54, 1.807) is 0 Å². The molecule has 2 amide bonds. The number of carboxylic acids is 1. The predicted molar refractivity (Wildman–Crippen MR) is 61.8 cm³/mol. The van der Waals surface area contributed by atoms with Gasteiger partial charge in [-0.3, -0.25) is 0 Å². The van der Waals surface area contributed by atoms with E-state index in [0.29, 0.717) is 13.0 Å². The van der Waals surface area contributed by atoms with E-state index in [-0.39, 0.29) is 18.2 Å². The molecule has 1 aliphatic rings. The van der Waals surface area contributed by atoms with Gasteiger partial charge in [0.15, 0.2) is 0 Å². The predicted octanol–water partition coefficient (Wildman–Crippen LogP) is 0.668. The zero-order valence-electron chi connectivity index (χ0n) is 10.5. The molecule has 6 heteroatoms. The van der Waals surface area contributed by atoms with E-state index in [4.69, 9.17) is 9.84 Å². The Bertz CT molecular complexity index is 295. The normalized spacial score (nSPS) is 25.7.